The first kappa shape index (κ1) is 22.4. The van der Waals surface area contributed by atoms with E-state index >= 15 is 0 Å². The lowest BCUT2D eigenvalue weighted by Crippen LogP contribution is -2.49. The standard InChI is InChI=1S/C16H23N3O5S.ClH/c17-25(23,24)13-6-4-12(5-7-13)8-9-18-15(20)11-19-10-2-1-3-14(19)16(21)22;/h4-7,14H,1-3,8-11H2,(H,18,20)(H,21,22)(H2,17,23,24);1H. The van der Waals surface area contributed by atoms with Crippen molar-refractivity contribution in [3.8, 4) is 0 Å². The minimum absolute atomic E-state index is 0. The van der Waals surface area contributed by atoms with E-state index < -0.39 is 22.0 Å². The highest BCUT2D eigenvalue weighted by atomic mass is 35.5. The Hall–Kier alpha value is -1.68. The maximum absolute atomic E-state index is 12.0. The molecule has 0 aromatic heterocycles. The normalized spacial score (nSPS) is 18.0. The molecular weight excluding hydrogens is 382 g/mol. The number of carboxylic acids is 1. The van der Waals surface area contributed by atoms with Crippen molar-refractivity contribution in [3.63, 3.8) is 0 Å². The zero-order valence-electron chi connectivity index (χ0n) is 14.3. The SMILES string of the molecule is Cl.NS(=O)(=O)c1ccc(CCNC(=O)CN2CCCCC2C(=O)O)cc1. The first-order chi connectivity index (χ1) is 11.8. The average Bonchev–Trinajstić information content (AvgIpc) is 2.55. The van der Waals surface area contributed by atoms with Gasteiger partial charge in [-0.15, -0.1) is 12.4 Å². The first-order valence-electron chi connectivity index (χ1n) is 8.12. The van der Waals surface area contributed by atoms with Crippen LogP contribution >= 0.6 is 12.4 Å². The molecule has 1 unspecified atom stereocenters. The lowest BCUT2D eigenvalue weighted by molar-refractivity contribution is -0.145. The Morgan fingerprint density at radius 1 is 1.23 bits per heavy atom. The summed E-state index contributed by atoms with van der Waals surface area (Å²) in [4.78, 5) is 25.0. The second kappa shape index (κ2) is 9.86. The minimum atomic E-state index is -3.71. The Morgan fingerprint density at radius 3 is 2.46 bits per heavy atom. The van der Waals surface area contributed by atoms with Gasteiger partial charge in [-0.2, -0.15) is 0 Å². The van der Waals surface area contributed by atoms with Gasteiger partial charge < -0.3 is 10.4 Å². The smallest absolute Gasteiger partial charge is 0.320 e. The molecule has 4 N–H and O–H groups in total. The topological polar surface area (TPSA) is 130 Å². The molecule has 1 aliphatic heterocycles. The number of primary sulfonamides is 1. The van der Waals surface area contributed by atoms with Gasteiger partial charge >= 0.3 is 5.97 Å². The number of aliphatic carboxylic acids is 1. The molecule has 1 fully saturated rings. The van der Waals surface area contributed by atoms with Gasteiger partial charge in [0.05, 0.1) is 11.4 Å². The number of carboxylic acid groups (broad SMARTS) is 1. The quantitative estimate of drug-likeness (QED) is 0.600. The number of carbonyl (C=O) groups is 2. The Balaban J connectivity index is 0.00000338. The van der Waals surface area contributed by atoms with Crippen LogP contribution in [0.15, 0.2) is 29.2 Å². The molecule has 1 saturated heterocycles. The first-order valence-corrected chi connectivity index (χ1v) is 9.67. The molecule has 10 heteroatoms. The fourth-order valence-corrected chi connectivity index (χ4v) is 3.41. The lowest BCUT2D eigenvalue weighted by Gasteiger charge is -2.32. The molecule has 0 radical (unpaired) electrons. The molecule has 146 valence electrons. The summed E-state index contributed by atoms with van der Waals surface area (Å²) in [5.74, 6) is -1.10. The number of rotatable bonds is 7. The number of piperidine rings is 1. The van der Waals surface area contributed by atoms with E-state index in [1.807, 2.05) is 0 Å². The summed E-state index contributed by atoms with van der Waals surface area (Å²) in [6.45, 7) is 1.07. The molecular formula is C16H24ClN3O5S. The third kappa shape index (κ3) is 6.56. The van der Waals surface area contributed by atoms with E-state index in [9.17, 15) is 23.1 Å². The second-order valence-electron chi connectivity index (χ2n) is 6.11. The summed E-state index contributed by atoms with van der Waals surface area (Å²) >= 11 is 0. The highest BCUT2D eigenvalue weighted by Gasteiger charge is 2.29. The van der Waals surface area contributed by atoms with Crippen molar-refractivity contribution < 1.29 is 23.1 Å². The number of sulfonamides is 1. The number of nitrogens with two attached hydrogens (primary N) is 1. The predicted molar refractivity (Wildman–Crippen MR) is 98.6 cm³/mol. The monoisotopic (exact) mass is 405 g/mol. The molecule has 26 heavy (non-hydrogen) atoms. The van der Waals surface area contributed by atoms with Crippen molar-refractivity contribution in [1.82, 2.24) is 10.2 Å². The van der Waals surface area contributed by atoms with E-state index in [0.29, 0.717) is 25.9 Å². The molecule has 0 spiro atoms. The van der Waals surface area contributed by atoms with Crippen molar-refractivity contribution in [3.05, 3.63) is 29.8 Å². The number of nitrogens with one attached hydrogen (secondary N) is 1. The van der Waals surface area contributed by atoms with Gasteiger partial charge in [0.2, 0.25) is 15.9 Å². The van der Waals surface area contributed by atoms with Gasteiger partial charge in [-0.1, -0.05) is 18.6 Å². The zero-order valence-corrected chi connectivity index (χ0v) is 15.9. The minimum Gasteiger partial charge on any atom is -0.480 e. The number of carbonyl (C=O) groups excluding carboxylic acids is 1. The van der Waals surface area contributed by atoms with Gasteiger partial charge in [-0.25, -0.2) is 13.6 Å². The molecule has 1 aliphatic rings. The Bertz CT molecular complexity index is 724. The number of hydrogen-bond acceptors (Lipinski definition) is 5. The number of likely N-dealkylation sites (tertiary alicyclic amines) is 1. The summed E-state index contributed by atoms with van der Waals surface area (Å²) in [6.07, 6.45) is 2.87. The Morgan fingerprint density at radius 2 is 1.88 bits per heavy atom. The van der Waals surface area contributed by atoms with Gasteiger partial charge in [0.1, 0.15) is 6.04 Å². The largest absolute Gasteiger partial charge is 0.480 e. The highest BCUT2D eigenvalue weighted by Crippen LogP contribution is 2.16. The van der Waals surface area contributed by atoms with Crippen LogP contribution < -0.4 is 10.5 Å². The van der Waals surface area contributed by atoms with E-state index in [2.05, 4.69) is 5.32 Å². The summed E-state index contributed by atoms with van der Waals surface area (Å²) < 4.78 is 22.4. The van der Waals surface area contributed by atoms with Crippen molar-refractivity contribution in [2.24, 2.45) is 5.14 Å². The van der Waals surface area contributed by atoms with Crippen molar-refractivity contribution in [2.75, 3.05) is 19.6 Å². The Labute approximate surface area is 159 Å². The fourth-order valence-electron chi connectivity index (χ4n) is 2.89. The number of halogens is 1. The zero-order chi connectivity index (χ0) is 18.4. The molecule has 1 aromatic rings. The third-order valence-corrected chi connectivity index (χ3v) is 5.16. The lowest BCUT2D eigenvalue weighted by atomic mass is 10.0. The van der Waals surface area contributed by atoms with Crippen LogP contribution in [0.5, 0.6) is 0 Å². The van der Waals surface area contributed by atoms with E-state index in [1.54, 1.807) is 17.0 Å². The molecule has 1 heterocycles. The van der Waals surface area contributed by atoms with Crippen LogP contribution in [0, 0.1) is 0 Å². The van der Waals surface area contributed by atoms with Gasteiger partial charge in [0, 0.05) is 6.54 Å². The molecule has 1 aromatic carbocycles. The van der Waals surface area contributed by atoms with Gasteiger partial charge in [0.15, 0.2) is 0 Å². The van der Waals surface area contributed by atoms with Crippen LogP contribution in [-0.2, 0) is 26.0 Å². The highest BCUT2D eigenvalue weighted by molar-refractivity contribution is 7.89. The van der Waals surface area contributed by atoms with Crippen LogP contribution in [0.3, 0.4) is 0 Å². The predicted octanol–water partition coefficient (Wildman–Crippen LogP) is 0.354. The summed E-state index contributed by atoms with van der Waals surface area (Å²) in [5, 5.41) is 17.0. The Kier molecular flexibility index (Phi) is 8.48. The summed E-state index contributed by atoms with van der Waals surface area (Å²) in [5.41, 5.74) is 0.870. The van der Waals surface area contributed by atoms with Crippen molar-refractivity contribution >= 4 is 34.3 Å². The van der Waals surface area contributed by atoms with Crippen LogP contribution in [0.2, 0.25) is 0 Å². The average molecular weight is 406 g/mol. The van der Waals surface area contributed by atoms with Crippen LogP contribution in [0.4, 0.5) is 0 Å². The van der Waals surface area contributed by atoms with Crippen LogP contribution in [-0.4, -0.2) is 56.0 Å². The molecule has 8 nitrogen and oxygen atoms in total. The van der Waals surface area contributed by atoms with Crippen LogP contribution in [0.1, 0.15) is 24.8 Å². The van der Waals surface area contributed by atoms with Crippen LogP contribution in [0.25, 0.3) is 0 Å². The van der Waals surface area contributed by atoms with Gasteiger partial charge in [-0.3, -0.25) is 14.5 Å². The van der Waals surface area contributed by atoms with Gasteiger partial charge in [-0.05, 0) is 43.5 Å². The van der Waals surface area contributed by atoms with E-state index in [4.69, 9.17) is 5.14 Å². The second-order valence-corrected chi connectivity index (χ2v) is 7.67. The summed E-state index contributed by atoms with van der Waals surface area (Å²) in [6, 6.07) is 5.56. The third-order valence-electron chi connectivity index (χ3n) is 4.23. The van der Waals surface area contributed by atoms with E-state index in [1.165, 1.54) is 12.1 Å². The van der Waals surface area contributed by atoms with Crippen molar-refractivity contribution in [2.45, 2.75) is 36.6 Å². The molecule has 0 aliphatic carbocycles. The molecule has 2 rings (SSSR count). The number of amides is 1. The fraction of sp³-hybridized carbons (Fsp3) is 0.500. The number of nitrogens with zero attached hydrogens (tertiary/aromatic N) is 1. The van der Waals surface area contributed by atoms with E-state index in [-0.39, 0.29) is 29.8 Å². The molecule has 0 saturated carbocycles. The molecule has 0 bridgehead atoms. The summed E-state index contributed by atoms with van der Waals surface area (Å²) in [7, 11) is -3.71. The molecule has 1 atom stereocenters. The van der Waals surface area contributed by atoms with Crippen molar-refractivity contribution in [1.29, 1.82) is 0 Å². The van der Waals surface area contributed by atoms with E-state index in [0.717, 1.165) is 18.4 Å². The molecule has 1 amide bonds. The maximum Gasteiger partial charge on any atom is 0.320 e. The number of benzene rings is 1. The van der Waals surface area contributed by atoms with Gasteiger partial charge in [0.25, 0.3) is 0 Å². The maximum atomic E-state index is 12.0. The number of hydrogen-bond donors (Lipinski definition) is 3.